The molecule has 0 rings (SSSR count). The molecule has 0 aliphatic carbocycles. The van der Waals surface area contributed by atoms with E-state index in [1.54, 1.807) is 6.92 Å². The molecule has 24 heavy (non-hydrogen) atoms. The summed E-state index contributed by atoms with van der Waals surface area (Å²) in [5.41, 5.74) is 5.80. The van der Waals surface area contributed by atoms with Crippen molar-refractivity contribution in [1.29, 1.82) is 0 Å². The molecular weight excluding hydrogens is 292 g/mol. The standard InChI is InChI=1S/C23H38O/c1-19(2)11-7-12-20(3)13-8-14-21(4)15-9-16-22(5)17-10-18-23(6)24/h11,13,15,17H,7-10,12,14,16,18H2,1-6H3/b20-13+,21-15?,22-17+. The molecule has 0 N–H and O–H groups in total. The van der Waals surface area contributed by atoms with Gasteiger partial charge in [0.1, 0.15) is 5.78 Å². The lowest BCUT2D eigenvalue weighted by Crippen LogP contribution is -1.87. The molecule has 0 aliphatic heterocycles. The molecule has 0 saturated heterocycles. The lowest BCUT2D eigenvalue weighted by atomic mass is 10.0. The van der Waals surface area contributed by atoms with Crippen LogP contribution in [0.1, 0.15) is 92.9 Å². The highest BCUT2D eigenvalue weighted by atomic mass is 16.1. The maximum absolute atomic E-state index is 10.9. The van der Waals surface area contributed by atoms with E-state index >= 15 is 0 Å². The van der Waals surface area contributed by atoms with Crippen molar-refractivity contribution in [2.75, 3.05) is 0 Å². The lowest BCUT2D eigenvalue weighted by Gasteiger charge is -2.02. The fraction of sp³-hybridized carbons (Fsp3) is 0.609. The van der Waals surface area contributed by atoms with Crippen molar-refractivity contribution >= 4 is 5.78 Å². The third-order valence-electron chi connectivity index (χ3n) is 4.14. The average molecular weight is 331 g/mol. The predicted molar refractivity (Wildman–Crippen MR) is 108 cm³/mol. The van der Waals surface area contributed by atoms with Gasteiger partial charge in [0.2, 0.25) is 0 Å². The van der Waals surface area contributed by atoms with Gasteiger partial charge in [0.25, 0.3) is 0 Å². The minimum atomic E-state index is 0.277. The van der Waals surface area contributed by atoms with Gasteiger partial charge < -0.3 is 4.79 Å². The molecule has 0 aromatic rings. The molecule has 0 aliphatic rings. The van der Waals surface area contributed by atoms with Crippen LogP contribution in [-0.2, 0) is 4.79 Å². The molecular formula is C23H38O. The molecule has 0 radical (unpaired) electrons. The Morgan fingerprint density at radius 2 is 0.875 bits per heavy atom. The molecule has 0 unspecified atom stereocenters. The van der Waals surface area contributed by atoms with Gasteiger partial charge >= 0.3 is 0 Å². The minimum Gasteiger partial charge on any atom is -0.300 e. The second-order valence-corrected chi connectivity index (χ2v) is 7.29. The Balaban J connectivity index is 3.98. The monoisotopic (exact) mass is 330 g/mol. The summed E-state index contributed by atoms with van der Waals surface area (Å²) in [5.74, 6) is 0.277. The number of hydrogen-bond acceptors (Lipinski definition) is 1. The Kier molecular flexibility index (Phi) is 13.2. The number of rotatable bonds is 12. The quantitative estimate of drug-likeness (QED) is 0.338. The first kappa shape index (κ1) is 22.6. The molecule has 0 aromatic carbocycles. The van der Waals surface area contributed by atoms with Crippen molar-refractivity contribution in [3.63, 3.8) is 0 Å². The van der Waals surface area contributed by atoms with E-state index in [0.29, 0.717) is 6.42 Å². The van der Waals surface area contributed by atoms with Gasteiger partial charge in [0.15, 0.2) is 0 Å². The molecule has 0 aromatic heterocycles. The summed E-state index contributed by atoms with van der Waals surface area (Å²) in [7, 11) is 0. The van der Waals surface area contributed by atoms with E-state index < -0.39 is 0 Å². The van der Waals surface area contributed by atoms with Gasteiger partial charge in [-0.1, -0.05) is 46.6 Å². The number of Topliss-reactive ketones (excluding diaryl/α,β-unsaturated/α-hetero) is 1. The summed E-state index contributed by atoms with van der Waals surface area (Å²) in [6.45, 7) is 12.6. The summed E-state index contributed by atoms with van der Waals surface area (Å²) in [5, 5.41) is 0. The van der Waals surface area contributed by atoms with Crippen molar-refractivity contribution in [3.05, 3.63) is 46.6 Å². The highest BCUT2D eigenvalue weighted by Gasteiger charge is 1.94. The molecule has 1 nitrogen and oxygen atoms in total. The second-order valence-electron chi connectivity index (χ2n) is 7.29. The number of ketones is 1. The van der Waals surface area contributed by atoms with Crippen molar-refractivity contribution in [2.24, 2.45) is 0 Å². The molecule has 0 bridgehead atoms. The first-order chi connectivity index (χ1) is 11.3. The topological polar surface area (TPSA) is 17.1 Å². The van der Waals surface area contributed by atoms with Gasteiger partial charge in [-0.05, 0) is 86.5 Å². The summed E-state index contributed by atoms with van der Waals surface area (Å²) in [6, 6.07) is 0. The first-order valence-electron chi connectivity index (χ1n) is 9.41. The van der Waals surface area contributed by atoms with Gasteiger partial charge in [-0.3, -0.25) is 0 Å². The summed E-state index contributed by atoms with van der Waals surface area (Å²) in [6.07, 6.45) is 17.7. The number of carbonyl (C=O) groups excluding carboxylic acids is 1. The number of carbonyl (C=O) groups is 1. The van der Waals surface area contributed by atoms with Crippen LogP contribution in [0.5, 0.6) is 0 Å². The zero-order valence-corrected chi connectivity index (χ0v) is 16.9. The van der Waals surface area contributed by atoms with E-state index in [-0.39, 0.29) is 5.78 Å². The van der Waals surface area contributed by atoms with Crippen LogP contribution < -0.4 is 0 Å². The summed E-state index contributed by atoms with van der Waals surface area (Å²) >= 11 is 0. The van der Waals surface area contributed by atoms with Gasteiger partial charge in [0.05, 0.1) is 0 Å². The Hall–Kier alpha value is -1.37. The zero-order valence-electron chi connectivity index (χ0n) is 16.9. The zero-order chi connectivity index (χ0) is 18.4. The molecule has 0 amide bonds. The minimum absolute atomic E-state index is 0.277. The van der Waals surface area contributed by atoms with Crippen molar-refractivity contribution in [1.82, 2.24) is 0 Å². The fourth-order valence-electron chi connectivity index (χ4n) is 2.51. The highest BCUT2D eigenvalue weighted by molar-refractivity contribution is 5.75. The van der Waals surface area contributed by atoms with E-state index in [1.807, 2.05) is 0 Å². The second kappa shape index (κ2) is 14.0. The van der Waals surface area contributed by atoms with Gasteiger partial charge in [-0.2, -0.15) is 0 Å². The molecule has 1 heteroatoms. The van der Waals surface area contributed by atoms with E-state index in [4.69, 9.17) is 0 Å². The van der Waals surface area contributed by atoms with Crippen molar-refractivity contribution in [2.45, 2.75) is 92.9 Å². The smallest absolute Gasteiger partial charge is 0.130 e. The van der Waals surface area contributed by atoms with Crippen LogP contribution in [0.3, 0.4) is 0 Å². The Bertz CT molecular complexity index is 482. The molecule has 0 saturated carbocycles. The third-order valence-corrected chi connectivity index (χ3v) is 4.14. The van der Waals surface area contributed by atoms with Crippen LogP contribution in [0.15, 0.2) is 46.6 Å². The van der Waals surface area contributed by atoms with Crippen molar-refractivity contribution in [3.8, 4) is 0 Å². The third kappa shape index (κ3) is 15.5. The van der Waals surface area contributed by atoms with E-state index in [1.165, 1.54) is 28.7 Å². The van der Waals surface area contributed by atoms with E-state index in [0.717, 1.165) is 38.5 Å². The highest BCUT2D eigenvalue weighted by Crippen LogP contribution is 2.14. The maximum atomic E-state index is 10.9. The fourth-order valence-corrected chi connectivity index (χ4v) is 2.51. The summed E-state index contributed by atoms with van der Waals surface area (Å²) in [4.78, 5) is 10.9. The van der Waals surface area contributed by atoms with Crippen LogP contribution >= 0.6 is 0 Å². The number of allylic oxidation sites excluding steroid dienone is 8. The Labute approximate surface area is 150 Å². The molecule has 136 valence electrons. The first-order valence-corrected chi connectivity index (χ1v) is 9.41. The van der Waals surface area contributed by atoms with Crippen molar-refractivity contribution < 1.29 is 4.79 Å². The van der Waals surface area contributed by atoms with E-state index in [2.05, 4.69) is 58.9 Å². The SMILES string of the molecule is CC(=O)CC/C=C(\C)CCC=C(C)CC/C=C(\C)CCC=C(C)C. The maximum Gasteiger partial charge on any atom is 0.130 e. The largest absolute Gasteiger partial charge is 0.300 e. The normalized spacial score (nSPS) is 13.2. The van der Waals surface area contributed by atoms with Crippen LogP contribution in [0, 0.1) is 0 Å². The predicted octanol–water partition coefficient (Wildman–Crippen LogP) is 7.50. The van der Waals surface area contributed by atoms with Crippen LogP contribution in [0.25, 0.3) is 0 Å². The number of hydrogen-bond donors (Lipinski definition) is 0. The Morgan fingerprint density at radius 3 is 1.21 bits per heavy atom. The molecule has 0 fully saturated rings. The molecule has 0 spiro atoms. The molecule has 0 atom stereocenters. The van der Waals surface area contributed by atoms with Gasteiger partial charge in [0, 0.05) is 6.42 Å². The van der Waals surface area contributed by atoms with Gasteiger partial charge in [-0.15, -0.1) is 0 Å². The summed E-state index contributed by atoms with van der Waals surface area (Å²) < 4.78 is 0. The Morgan fingerprint density at radius 1 is 0.542 bits per heavy atom. The van der Waals surface area contributed by atoms with Crippen LogP contribution in [-0.4, -0.2) is 5.78 Å². The molecule has 0 heterocycles. The van der Waals surface area contributed by atoms with Gasteiger partial charge in [-0.25, -0.2) is 0 Å². The average Bonchev–Trinajstić information content (AvgIpc) is 2.46. The lowest BCUT2D eigenvalue weighted by molar-refractivity contribution is -0.116. The van der Waals surface area contributed by atoms with E-state index in [9.17, 15) is 4.79 Å². The van der Waals surface area contributed by atoms with Crippen LogP contribution in [0.2, 0.25) is 0 Å². The van der Waals surface area contributed by atoms with Crippen LogP contribution in [0.4, 0.5) is 0 Å².